The van der Waals surface area contributed by atoms with Gasteiger partial charge in [-0.25, -0.2) is 5.01 Å². The van der Waals surface area contributed by atoms with Crippen LogP contribution < -0.4 is 4.74 Å². The number of thioether (sulfide) groups is 1. The molecule has 0 radical (unpaired) electrons. The topological polar surface area (TPSA) is 72.6 Å². The Morgan fingerprint density at radius 1 is 0.891 bits per heavy atom. The minimum absolute atomic E-state index is 0.00590. The fraction of sp³-hybridized carbons (Fsp3) is 0.222. The Balaban J connectivity index is 1.33. The van der Waals surface area contributed by atoms with Crippen molar-refractivity contribution in [2.75, 3.05) is 12.9 Å². The minimum Gasteiger partial charge on any atom is -0.497 e. The van der Waals surface area contributed by atoms with Crippen LogP contribution in [0.5, 0.6) is 5.75 Å². The Morgan fingerprint density at radius 2 is 1.61 bits per heavy atom. The summed E-state index contributed by atoms with van der Waals surface area (Å²) in [5.74, 6) is 1.28. The maximum absolute atomic E-state index is 13.9. The van der Waals surface area contributed by atoms with Crippen molar-refractivity contribution in [3.8, 4) is 22.8 Å². The highest BCUT2D eigenvalue weighted by Crippen LogP contribution is 2.37. The van der Waals surface area contributed by atoms with Gasteiger partial charge >= 0.3 is 0 Å². The number of methoxy groups -OCH3 is 1. The number of carbonyl (C=O) groups excluding carboxylic acids is 1. The van der Waals surface area contributed by atoms with Crippen LogP contribution in [0.3, 0.4) is 0 Å². The summed E-state index contributed by atoms with van der Waals surface area (Å²) in [6.07, 6.45) is 0.593. The van der Waals surface area contributed by atoms with Crippen molar-refractivity contribution < 1.29 is 9.53 Å². The van der Waals surface area contributed by atoms with E-state index in [2.05, 4.69) is 43.1 Å². The summed E-state index contributed by atoms with van der Waals surface area (Å²) in [5.41, 5.74) is 5.53. The zero-order chi connectivity index (χ0) is 32.4. The maximum Gasteiger partial charge on any atom is 0.253 e. The summed E-state index contributed by atoms with van der Waals surface area (Å²) < 4.78 is 7.22. The molecule has 0 N–H and O–H groups in total. The Labute approximate surface area is 283 Å². The molecule has 1 aliphatic heterocycles. The minimum atomic E-state index is -0.258. The van der Waals surface area contributed by atoms with Crippen LogP contribution in [-0.4, -0.2) is 44.3 Å². The lowest BCUT2D eigenvalue weighted by atomic mass is 9.87. The molecule has 234 valence electrons. The largest absolute Gasteiger partial charge is 0.497 e. The molecule has 1 aliphatic rings. The van der Waals surface area contributed by atoms with E-state index in [-0.39, 0.29) is 23.1 Å². The fourth-order valence-corrected chi connectivity index (χ4v) is 6.55. The molecule has 7 nitrogen and oxygen atoms in total. The Morgan fingerprint density at radius 3 is 2.28 bits per heavy atom. The molecule has 0 aliphatic carbocycles. The van der Waals surface area contributed by atoms with Gasteiger partial charge in [-0.2, -0.15) is 5.10 Å². The number of nitrogens with zero attached hydrogens (tertiary/aromatic N) is 5. The molecule has 10 heteroatoms. The number of carbonyl (C=O) groups is 1. The van der Waals surface area contributed by atoms with E-state index in [1.807, 2.05) is 83.4 Å². The number of rotatable bonds is 8. The standard InChI is InChI=1S/C36H33Cl2N5O2S/c1-36(2,3)26-17-13-25(14-18-26)34-39-40-35(42(34)30-12-8-11-28(37)33(30)38)46-22-32(44)43-31(24-15-19-27(45-4)20-16-24)21-29(41-43)23-9-6-5-7-10-23/h5-20,31H,21-22H2,1-4H3/t31-/m1/s1. The molecular formula is C36H33Cl2N5O2S. The Hall–Kier alpha value is -4.11. The highest BCUT2D eigenvalue weighted by atomic mass is 35.5. The number of hydrazone groups is 1. The molecule has 6 rings (SSSR count). The quantitative estimate of drug-likeness (QED) is 0.154. The third-order valence-corrected chi connectivity index (χ3v) is 9.64. The van der Waals surface area contributed by atoms with Gasteiger partial charge in [-0.1, -0.05) is 129 Å². The lowest BCUT2D eigenvalue weighted by Gasteiger charge is -2.22. The first kappa shape index (κ1) is 31.9. The van der Waals surface area contributed by atoms with Crippen LogP contribution in [0.15, 0.2) is 107 Å². The summed E-state index contributed by atoms with van der Waals surface area (Å²) in [4.78, 5) is 13.9. The van der Waals surface area contributed by atoms with Gasteiger partial charge in [-0.15, -0.1) is 10.2 Å². The van der Waals surface area contributed by atoms with Gasteiger partial charge in [0.05, 0.1) is 40.3 Å². The number of hydrogen-bond donors (Lipinski definition) is 0. The molecule has 5 aromatic rings. The second kappa shape index (κ2) is 13.3. The Bertz CT molecular complexity index is 1890. The van der Waals surface area contributed by atoms with E-state index >= 15 is 0 Å². The second-order valence-electron chi connectivity index (χ2n) is 12.0. The average molecular weight is 671 g/mol. The van der Waals surface area contributed by atoms with Gasteiger partial charge in [-0.3, -0.25) is 9.36 Å². The summed E-state index contributed by atoms with van der Waals surface area (Å²) in [7, 11) is 1.63. The van der Waals surface area contributed by atoms with E-state index in [1.165, 1.54) is 17.3 Å². The van der Waals surface area contributed by atoms with Crippen molar-refractivity contribution in [2.45, 2.75) is 43.8 Å². The first-order valence-electron chi connectivity index (χ1n) is 14.9. The predicted octanol–water partition coefficient (Wildman–Crippen LogP) is 9.02. The summed E-state index contributed by atoms with van der Waals surface area (Å²) >= 11 is 14.5. The van der Waals surface area contributed by atoms with Gasteiger partial charge in [0.15, 0.2) is 11.0 Å². The molecular weight excluding hydrogens is 637 g/mol. The molecule has 1 aromatic heterocycles. The molecule has 4 aromatic carbocycles. The van der Waals surface area contributed by atoms with E-state index in [1.54, 1.807) is 18.2 Å². The summed E-state index contributed by atoms with van der Waals surface area (Å²) in [6.45, 7) is 6.53. The van der Waals surface area contributed by atoms with Crippen molar-refractivity contribution in [1.82, 2.24) is 19.8 Å². The van der Waals surface area contributed by atoms with Crippen LogP contribution in [0.25, 0.3) is 17.1 Å². The van der Waals surface area contributed by atoms with Crippen molar-refractivity contribution in [3.63, 3.8) is 0 Å². The van der Waals surface area contributed by atoms with E-state index in [9.17, 15) is 4.79 Å². The van der Waals surface area contributed by atoms with Gasteiger partial charge in [0.1, 0.15) is 5.75 Å². The van der Waals surface area contributed by atoms with Gasteiger partial charge < -0.3 is 4.74 Å². The molecule has 1 atom stereocenters. The van der Waals surface area contributed by atoms with Gasteiger partial charge in [0.25, 0.3) is 5.91 Å². The number of benzene rings is 4. The normalized spacial score (nSPS) is 14.8. The Kier molecular flexibility index (Phi) is 9.22. The molecule has 0 bridgehead atoms. The molecule has 0 saturated carbocycles. The van der Waals surface area contributed by atoms with Crippen molar-refractivity contribution in [1.29, 1.82) is 0 Å². The molecule has 46 heavy (non-hydrogen) atoms. The number of halogens is 2. The van der Waals surface area contributed by atoms with Crippen LogP contribution in [0.4, 0.5) is 0 Å². The molecule has 0 spiro atoms. The van der Waals surface area contributed by atoms with E-state index < -0.39 is 0 Å². The van der Waals surface area contributed by atoms with Crippen LogP contribution in [0.1, 0.15) is 49.9 Å². The van der Waals surface area contributed by atoms with E-state index in [0.717, 1.165) is 28.2 Å². The third-order valence-electron chi connectivity index (χ3n) is 7.91. The molecule has 0 saturated heterocycles. The second-order valence-corrected chi connectivity index (χ2v) is 13.7. The predicted molar refractivity (Wildman–Crippen MR) is 186 cm³/mol. The van der Waals surface area contributed by atoms with Gasteiger partial charge in [0, 0.05) is 12.0 Å². The molecule has 0 fully saturated rings. The van der Waals surface area contributed by atoms with Crippen molar-refractivity contribution in [3.05, 3.63) is 124 Å². The summed E-state index contributed by atoms with van der Waals surface area (Å²) in [5, 5.41) is 16.8. The number of aromatic nitrogens is 3. The lowest BCUT2D eigenvalue weighted by Crippen LogP contribution is -2.28. The zero-order valence-electron chi connectivity index (χ0n) is 25.9. The molecule has 2 heterocycles. The lowest BCUT2D eigenvalue weighted by molar-refractivity contribution is -0.130. The average Bonchev–Trinajstić information content (AvgIpc) is 3.70. The first-order valence-corrected chi connectivity index (χ1v) is 16.6. The number of hydrogen-bond acceptors (Lipinski definition) is 6. The van der Waals surface area contributed by atoms with E-state index in [4.69, 9.17) is 33.0 Å². The molecule has 0 unspecified atom stereocenters. The smallest absolute Gasteiger partial charge is 0.253 e. The summed E-state index contributed by atoms with van der Waals surface area (Å²) in [6, 6.07) is 31.1. The zero-order valence-corrected chi connectivity index (χ0v) is 28.3. The number of ether oxygens (including phenoxy) is 1. The monoisotopic (exact) mass is 669 g/mol. The van der Waals surface area contributed by atoms with Crippen molar-refractivity contribution >= 4 is 46.6 Å². The third kappa shape index (κ3) is 6.56. The number of amides is 1. The fourth-order valence-electron chi connectivity index (χ4n) is 5.38. The van der Waals surface area contributed by atoms with E-state index in [0.29, 0.717) is 33.1 Å². The maximum atomic E-state index is 13.9. The SMILES string of the molecule is COc1ccc([C@H]2CC(c3ccccc3)=NN2C(=O)CSc2nnc(-c3ccc(C(C)(C)C)cc3)n2-c2cccc(Cl)c2Cl)cc1. The molecule has 1 amide bonds. The van der Waals surface area contributed by atoms with Crippen LogP contribution >= 0.6 is 35.0 Å². The van der Waals surface area contributed by atoms with Crippen LogP contribution in [0.2, 0.25) is 10.0 Å². The highest BCUT2D eigenvalue weighted by Gasteiger charge is 2.33. The van der Waals surface area contributed by atoms with Crippen LogP contribution in [0, 0.1) is 0 Å². The van der Waals surface area contributed by atoms with Crippen molar-refractivity contribution in [2.24, 2.45) is 5.10 Å². The van der Waals surface area contributed by atoms with Crippen LogP contribution in [-0.2, 0) is 10.2 Å². The first-order chi connectivity index (χ1) is 22.1. The van der Waals surface area contributed by atoms with Gasteiger partial charge in [0.2, 0.25) is 0 Å². The highest BCUT2D eigenvalue weighted by molar-refractivity contribution is 7.99. The van der Waals surface area contributed by atoms with Gasteiger partial charge in [-0.05, 0) is 46.4 Å².